The van der Waals surface area contributed by atoms with Crippen LogP contribution in [0.1, 0.15) is 10.4 Å². The van der Waals surface area contributed by atoms with Crippen molar-refractivity contribution in [2.45, 2.75) is 0 Å². The van der Waals surface area contributed by atoms with Crippen LogP contribution < -0.4 is 5.32 Å². The lowest BCUT2D eigenvalue weighted by Crippen LogP contribution is -2.11. The van der Waals surface area contributed by atoms with Crippen molar-refractivity contribution in [3.8, 4) is 10.6 Å². The molecule has 0 unspecified atom stereocenters. The molecule has 4 rings (SSSR count). The molecule has 6 heteroatoms. The number of nitrogens with one attached hydrogen (secondary N) is 1. The van der Waals surface area contributed by atoms with Gasteiger partial charge in [-0.25, -0.2) is 0 Å². The van der Waals surface area contributed by atoms with Crippen LogP contribution in [0.5, 0.6) is 0 Å². The summed E-state index contributed by atoms with van der Waals surface area (Å²) in [4.78, 5) is 12.5. The van der Waals surface area contributed by atoms with E-state index in [0.717, 1.165) is 25.8 Å². The predicted octanol–water partition coefficient (Wildman–Crippen LogP) is 5.37. The average Bonchev–Trinajstić information content (AvgIpc) is 3.10. The Morgan fingerprint density at radius 2 is 1.68 bits per heavy atom. The largest absolute Gasteiger partial charge is 0.296 e. The number of nitrogens with zero attached hydrogens (tertiary/aromatic N) is 2. The molecule has 0 aliphatic heterocycles. The fourth-order valence-corrected chi connectivity index (χ4v) is 3.49. The van der Waals surface area contributed by atoms with Gasteiger partial charge in [-0.05, 0) is 35.0 Å². The number of aromatic nitrogens is 2. The topological polar surface area (TPSA) is 54.9 Å². The van der Waals surface area contributed by atoms with Gasteiger partial charge < -0.3 is 0 Å². The first-order chi connectivity index (χ1) is 12.2. The molecule has 1 N–H and O–H groups in total. The zero-order valence-corrected chi connectivity index (χ0v) is 15.3. The Morgan fingerprint density at radius 1 is 0.920 bits per heavy atom. The zero-order valence-electron chi connectivity index (χ0n) is 12.9. The van der Waals surface area contributed by atoms with E-state index in [0.29, 0.717) is 10.7 Å². The fourth-order valence-electron chi connectivity index (χ4n) is 2.48. The second-order valence-corrected chi connectivity index (χ2v) is 7.33. The van der Waals surface area contributed by atoms with Crippen LogP contribution in [-0.2, 0) is 0 Å². The second kappa shape index (κ2) is 6.74. The number of halogens is 1. The highest BCUT2D eigenvalue weighted by atomic mass is 79.9. The van der Waals surface area contributed by atoms with Gasteiger partial charge in [-0.15, -0.1) is 10.2 Å². The van der Waals surface area contributed by atoms with Gasteiger partial charge in [0, 0.05) is 15.6 Å². The van der Waals surface area contributed by atoms with Crippen molar-refractivity contribution in [3.05, 3.63) is 76.8 Å². The van der Waals surface area contributed by atoms with E-state index >= 15 is 0 Å². The van der Waals surface area contributed by atoms with Crippen LogP contribution in [0.4, 0.5) is 5.13 Å². The summed E-state index contributed by atoms with van der Waals surface area (Å²) >= 11 is 4.76. The molecule has 25 heavy (non-hydrogen) atoms. The third-order valence-corrected chi connectivity index (χ3v) is 5.16. The van der Waals surface area contributed by atoms with E-state index in [-0.39, 0.29) is 5.91 Å². The van der Waals surface area contributed by atoms with Gasteiger partial charge in [-0.1, -0.05) is 69.7 Å². The predicted molar refractivity (Wildman–Crippen MR) is 105 cm³/mol. The lowest BCUT2D eigenvalue weighted by Gasteiger charge is -2.03. The molecule has 0 radical (unpaired) electrons. The summed E-state index contributed by atoms with van der Waals surface area (Å²) in [5.41, 5.74) is 1.56. The molecular weight excluding hydrogens is 398 g/mol. The first-order valence-electron chi connectivity index (χ1n) is 7.59. The molecule has 1 heterocycles. The third kappa shape index (κ3) is 3.45. The number of amides is 1. The van der Waals surface area contributed by atoms with Crippen molar-refractivity contribution in [3.63, 3.8) is 0 Å². The smallest absolute Gasteiger partial charge is 0.257 e. The summed E-state index contributed by atoms with van der Waals surface area (Å²) < 4.78 is 1.01. The van der Waals surface area contributed by atoms with Gasteiger partial charge in [-0.3, -0.25) is 10.1 Å². The van der Waals surface area contributed by atoms with Crippen molar-refractivity contribution in [1.29, 1.82) is 0 Å². The highest BCUT2D eigenvalue weighted by molar-refractivity contribution is 9.10. The first-order valence-corrected chi connectivity index (χ1v) is 9.19. The van der Waals surface area contributed by atoms with Crippen molar-refractivity contribution in [2.24, 2.45) is 0 Å². The van der Waals surface area contributed by atoms with Crippen LogP contribution in [0.25, 0.3) is 21.3 Å². The monoisotopic (exact) mass is 409 g/mol. The summed E-state index contributed by atoms with van der Waals surface area (Å²) in [7, 11) is 0. The molecule has 0 fully saturated rings. The summed E-state index contributed by atoms with van der Waals surface area (Å²) in [6.07, 6.45) is 0. The standard InChI is InChI=1S/C19H12BrN3OS/c20-16-9-7-13(8-10-16)18-22-23-19(25-18)21-17(24)15-6-5-12-3-1-2-4-14(12)11-15/h1-11H,(H,21,23,24). The molecule has 1 amide bonds. The van der Waals surface area contributed by atoms with Gasteiger partial charge >= 0.3 is 0 Å². The highest BCUT2D eigenvalue weighted by Gasteiger charge is 2.11. The number of rotatable bonds is 3. The van der Waals surface area contributed by atoms with Crippen molar-refractivity contribution >= 4 is 49.1 Å². The molecule has 122 valence electrons. The third-order valence-electron chi connectivity index (χ3n) is 3.75. The van der Waals surface area contributed by atoms with Crippen LogP contribution in [-0.4, -0.2) is 16.1 Å². The number of carbonyl (C=O) groups excluding carboxylic acids is 1. The van der Waals surface area contributed by atoms with Gasteiger partial charge in [0.05, 0.1) is 0 Å². The van der Waals surface area contributed by atoms with Crippen LogP contribution in [0.2, 0.25) is 0 Å². The molecular formula is C19H12BrN3OS. The summed E-state index contributed by atoms with van der Waals surface area (Å²) in [5, 5.41) is 14.4. The van der Waals surface area contributed by atoms with Crippen LogP contribution in [0, 0.1) is 0 Å². The van der Waals surface area contributed by atoms with E-state index in [1.807, 2.05) is 66.7 Å². The second-order valence-electron chi connectivity index (χ2n) is 5.44. The Kier molecular flexibility index (Phi) is 4.29. The lowest BCUT2D eigenvalue weighted by molar-refractivity contribution is 0.102. The van der Waals surface area contributed by atoms with Crippen molar-refractivity contribution in [2.75, 3.05) is 5.32 Å². The van der Waals surface area contributed by atoms with E-state index in [9.17, 15) is 4.79 Å². The molecule has 0 atom stereocenters. The number of hydrogen-bond acceptors (Lipinski definition) is 4. The van der Waals surface area contributed by atoms with Crippen LogP contribution in [0.15, 0.2) is 71.2 Å². The molecule has 0 saturated carbocycles. The van der Waals surface area contributed by atoms with Crippen molar-refractivity contribution in [1.82, 2.24) is 10.2 Å². The molecule has 0 aliphatic rings. The molecule has 4 aromatic rings. The van der Waals surface area contributed by atoms with Gasteiger partial charge in [0.1, 0.15) is 5.01 Å². The van der Waals surface area contributed by atoms with E-state index in [1.54, 1.807) is 0 Å². The zero-order chi connectivity index (χ0) is 17.2. The van der Waals surface area contributed by atoms with E-state index in [2.05, 4.69) is 31.4 Å². The minimum atomic E-state index is -0.191. The van der Waals surface area contributed by atoms with Crippen LogP contribution in [0.3, 0.4) is 0 Å². The Labute approximate surface area is 156 Å². The SMILES string of the molecule is O=C(Nc1nnc(-c2ccc(Br)cc2)s1)c1ccc2ccccc2c1. The summed E-state index contributed by atoms with van der Waals surface area (Å²) in [6.45, 7) is 0. The quantitative estimate of drug-likeness (QED) is 0.494. The molecule has 4 nitrogen and oxygen atoms in total. The van der Waals surface area contributed by atoms with E-state index in [1.165, 1.54) is 11.3 Å². The number of benzene rings is 3. The number of carbonyl (C=O) groups is 1. The molecule has 1 aromatic heterocycles. The number of hydrogen-bond donors (Lipinski definition) is 1. The maximum Gasteiger partial charge on any atom is 0.257 e. The number of fused-ring (bicyclic) bond motifs is 1. The minimum Gasteiger partial charge on any atom is -0.296 e. The molecule has 0 aliphatic carbocycles. The lowest BCUT2D eigenvalue weighted by atomic mass is 10.1. The summed E-state index contributed by atoms with van der Waals surface area (Å²) in [6, 6.07) is 21.4. The number of anilines is 1. The minimum absolute atomic E-state index is 0.191. The molecule has 0 spiro atoms. The van der Waals surface area contributed by atoms with Crippen molar-refractivity contribution < 1.29 is 4.79 Å². The van der Waals surface area contributed by atoms with Gasteiger partial charge in [0.15, 0.2) is 0 Å². The normalized spacial score (nSPS) is 10.8. The molecule has 0 bridgehead atoms. The van der Waals surface area contributed by atoms with E-state index in [4.69, 9.17) is 0 Å². The maximum absolute atomic E-state index is 12.5. The highest BCUT2D eigenvalue weighted by Crippen LogP contribution is 2.27. The van der Waals surface area contributed by atoms with Gasteiger partial charge in [0.2, 0.25) is 5.13 Å². The first kappa shape index (κ1) is 15.9. The van der Waals surface area contributed by atoms with Gasteiger partial charge in [-0.2, -0.15) is 0 Å². The summed E-state index contributed by atoms with van der Waals surface area (Å²) in [5.74, 6) is -0.191. The maximum atomic E-state index is 12.5. The average molecular weight is 410 g/mol. The van der Waals surface area contributed by atoms with Crippen LogP contribution >= 0.6 is 27.3 Å². The Balaban J connectivity index is 1.55. The Morgan fingerprint density at radius 3 is 2.48 bits per heavy atom. The molecule has 0 saturated heterocycles. The molecule has 3 aromatic carbocycles. The Hall–Kier alpha value is -2.57. The Bertz CT molecular complexity index is 1060. The van der Waals surface area contributed by atoms with E-state index < -0.39 is 0 Å². The fraction of sp³-hybridized carbons (Fsp3) is 0. The van der Waals surface area contributed by atoms with Gasteiger partial charge in [0.25, 0.3) is 5.91 Å².